The van der Waals surface area contributed by atoms with Crippen molar-refractivity contribution in [1.82, 2.24) is 0 Å². The first-order chi connectivity index (χ1) is 8.95. The molecule has 0 spiro atoms. The summed E-state index contributed by atoms with van der Waals surface area (Å²) in [6.07, 6.45) is 0.166. The van der Waals surface area contributed by atoms with Crippen LogP contribution in [0.25, 0.3) is 0 Å². The summed E-state index contributed by atoms with van der Waals surface area (Å²) in [6, 6.07) is 9.63. The molecule has 0 heterocycles. The zero-order chi connectivity index (χ0) is 14.0. The third kappa shape index (κ3) is 3.41. The summed E-state index contributed by atoms with van der Waals surface area (Å²) >= 11 is 3.21. The fourth-order valence-corrected chi connectivity index (χ4v) is 2.36. The average Bonchev–Trinajstić information content (AvgIpc) is 2.31. The molecular formula is C15H13BrFNO. The van der Waals surface area contributed by atoms with Crippen molar-refractivity contribution in [3.05, 3.63) is 63.4 Å². The van der Waals surface area contributed by atoms with Crippen molar-refractivity contribution < 1.29 is 9.18 Å². The number of rotatable bonds is 3. The molecule has 98 valence electrons. The molecule has 2 rings (SSSR count). The van der Waals surface area contributed by atoms with Gasteiger partial charge in [0.1, 0.15) is 5.82 Å². The number of ketones is 1. The van der Waals surface area contributed by atoms with Crippen LogP contribution in [-0.4, -0.2) is 5.78 Å². The Balaban J connectivity index is 2.22. The molecule has 2 aromatic carbocycles. The number of hydrogen-bond acceptors (Lipinski definition) is 2. The number of aryl methyl sites for hydroxylation is 1. The monoisotopic (exact) mass is 321 g/mol. The van der Waals surface area contributed by atoms with Gasteiger partial charge in [-0.2, -0.15) is 0 Å². The number of hydrogen-bond donors (Lipinski definition) is 1. The summed E-state index contributed by atoms with van der Waals surface area (Å²) in [5.74, 6) is -0.411. The summed E-state index contributed by atoms with van der Waals surface area (Å²) in [5, 5.41) is 0. The van der Waals surface area contributed by atoms with Gasteiger partial charge in [0.15, 0.2) is 5.78 Å². The molecule has 0 aliphatic rings. The lowest BCUT2D eigenvalue weighted by Gasteiger charge is -2.05. The van der Waals surface area contributed by atoms with E-state index in [1.54, 1.807) is 24.3 Å². The fraction of sp³-hybridized carbons (Fsp3) is 0.133. The maximum absolute atomic E-state index is 13.2. The van der Waals surface area contributed by atoms with E-state index in [4.69, 9.17) is 5.73 Å². The molecule has 0 bridgehead atoms. The number of nitrogen functional groups attached to an aromatic ring is 1. The number of benzene rings is 2. The van der Waals surface area contributed by atoms with Crippen molar-refractivity contribution in [3.63, 3.8) is 0 Å². The molecule has 0 unspecified atom stereocenters. The van der Waals surface area contributed by atoms with E-state index >= 15 is 0 Å². The minimum atomic E-state index is -0.356. The lowest BCUT2D eigenvalue weighted by molar-refractivity contribution is 0.0993. The first-order valence-corrected chi connectivity index (χ1v) is 6.59. The molecule has 4 heteroatoms. The van der Waals surface area contributed by atoms with Gasteiger partial charge in [0.25, 0.3) is 0 Å². The van der Waals surface area contributed by atoms with Gasteiger partial charge in [-0.05, 0) is 54.4 Å². The standard InChI is InChI=1S/C15H13BrFNO/c1-9-4-11(2-3-14(9)18)15(19)7-10-5-12(16)8-13(17)6-10/h2-6,8H,7,18H2,1H3. The lowest BCUT2D eigenvalue weighted by Crippen LogP contribution is -2.05. The SMILES string of the molecule is Cc1cc(C(=O)Cc2cc(F)cc(Br)c2)ccc1N. The largest absolute Gasteiger partial charge is 0.399 e. The van der Waals surface area contributed by atoms with Crippen LogP contribution in [0.3, 0.4) is 0 Å². The molecule has 0 aliphatic carbocycles. The van der Waals surface area contributed by atoms with Crippen LogP contribution in [0.1, 0.15) is 21.5 Å². The quantitative estimate of drug-likeness (QED) is 0.688. The van der Waals surface area contributed by atoms with E-state index in [1.165, 1.54) is 12.1 Å². The average molecular weight is 322 g/mol. The molecule has 0 atom stereocenters. The van der Waals surface area contributed by atoms with E-state index in [9.17, 15) is 9.18 Å². The molecule has 19 heavy (non-hydrogen) atoms. The van der Waals surface area contributed by atoms with Crippen molar-refractivity contribution in [3.8, 4) is 0 Å². The smallest absolute Gasteiger partial charge is 0.167 e. The molecule has 0 amide bonds. The van der Waals surface area contributed by atoms with Crippen LogP contribution >= 0.6 is 15.9 Å². The Bertz CT molecular complexity index is 620. The molecule has 0 saturated heterocycles. The van der Waals surface area contributed by atoms with Crippen LogP contribution < -0.4 is 5.73 Å². The van der Waals surface area contributed by atoms with Gasteiger partial charge in [0, 0.05) is 22.1 Å². The predicted molar refractivity (Wildman–Crippen MR) is 77.7 cm³/mol. The lowest BCUT2D eigenvalue weighted by atomic mass is 10.0. The number of anilines is 1. The summed E-state index contributed by atoms with van der Waals surface area (Å²) in [4.78, 5) is 12.1. The summed E-state index contributed by atoms with van der Waals surface area (Å²) in [5.41, 5.74) is 8.47. The van der Waals surface area contributed by atoms with Crippen LogP contribution in [0.4, 0.5) is 10.1 Å². The minimum absolute atomic E-state index is 0.0550. The Kier molecular flexibility index (Phi) is 4.00. The van der Waals surface area contributed by atoms with Crippen LogP contribution in [0.2, 0.25) is 0 Å². The molecular weight excluding hydrogens is 309 g/mol. The minimum Gasteiger partial charge on any atom is -0.399 e. The van der Waals surface area contributed by atoms with E-state index in [2.05, 4.69) is 15.9 Å². The molecule has 0 aliphatic heterocycles. The van der Waals surface area contributed by atoms with Gasteiger partial charge in [-0.1, -0.05) is 15.9 Å². The number of carbonyl (C=O) groups excluding carboxylic acids is 1. The Morgan fingerprint density at radius 2 is 2.00 bits per heavy atom. The van der Waals surface area contributed by atoms with E-state index in [0.29, 0.717) is 21.3 Å². The van der Waals surface area contributed by atoms with E-state index in [1.807, 2.05) is 6.92 Å². The maximum Gasteiger partial charge on any atom is 0.167 e. The summed E-state index contributed by atoms with van der Waals surface area (Å²) < 4.78 is 13.9. The predicted octanol–water partition coefficient (Wildman–Crippen LogP) is 3.90. The highest BCUT2D eigenvalue weighted by atomic mass is 79.9. The highest BCUT2D eigenvalue weighted by Crippen LogP contribution is 2.18. The summed E-state index contributed by atoms with van der Waals surface area (Å²) in [6.45, 7) is 1.85. The molecule has 2 nitrogen and oxygen atoms in total. The first kappa shape index (κ1) is 13.7. The molecule has 2 aromatic rings. The van der Waals surface area contributed by atoms with Gasteiger partial charge in [0.2, 0.25) is 0 Å². The van der Waals surface area contributed by atoms with E-state index < -0.39 is 0 Å². The third-order valence-corrected chi connectivity index (χ3v) is 3.34. The Hall–Kier alpha value is -1.68. The van der Waals surface area contributed by atoms with Gasteiger partial charge < -0.3 is 5.73 Å². The molecule has 0 aromatic heterocycles. The third-order valence-electron chi connectivity index (χ3n) is 2.88. The highest BCUT2D eigenvalue weighted by Gasteiger charge is 2.09. The number of Topliss-reactive ketones (excluding diaryl/α,β-unsaturated/α-hetero) is 1. The molecule has 0 fully saturated rings. The maximum atomic E-state index is 13.2. The first-order valence-electron chi connectivity index (χ1n) is 5.80. The second kappa shape index (κ2) is 5.53. The molecule has 0 saturated carbocycles. The molecule has 0 radical (unpaired) electrons. The number of nitrogens with two attached hydrogens (primary N) is 1. The van der Waals surface area contributed by atoms with Crippen molar-refractivity contribution in [2.24, 2.45) is 0 Å². The van der Waals surface area contributed by atoms with Gasteiger partial charge >= 0.3 is 0 Å². The van der Waals surface area contributed by atoms with Gasteiger partial charge in [0.05, 0.1) is 0 Å². The Morgan fingerprint density at radius 1 is 1.26 bits per heavy atom. The molecule has 2 N–H and O–H groups in total. The normalized spacial score (nSPS) is 10.5. The van der Waals surface area contributed by atoms with Gasteiger partial charge in [-0.25, -0.2) is 4.39 Å². The Morgan fingerprint density at radius 3 is 2.63 bits per heavy atom. The van der Waals surface area contributed by atoms with Crippen LogP contribution in [0.5, 0.6) is 0 Å². The van der Waals surface area contributed by atoms with Crippen LogP contribution in [-0.2, 0) is 6.42 Å². The fourth-order valence-electron chi connectivity index (χ4n) is 1.85. The topological polar surface area (TPSA) is 43.1 Å². The van der Waals surface area contributed by atoms with Gasteiger partial charge in [-0.15, -0.1) is 0 Å². The van der Waals surface area contributed by atoms with Gasteiger partial charge in [-0.3, -0.25) is 4.79 Å². The number of carbonyl (C=O) groups is 1. The number of halogens is 2. The second-order valence-corrected chi connectivity index (χ2v) is 5.36. The van der Waals surface area contributed by atoms with Crippen molar-refractivity contribution in [1.29, 1.82) is 0 Å². The summed E-state index contributed by atoms with van der Waals surface area (Å²) in [7, 11) is 0. The Labute approximate surface area is 119 Å². The highest BCUT2D eigenvalue weighted by molar-refractivity contribution is 9.10. The van der Waals surface area contributed by atoms with Crippen molar-refractivity contribution in [2.45, 2.75) is 13.3 Å². The second-order valence-electron chi connectivity index (χ2n) is 4.45. The van der Waals surface area contributed by atoms with Crippen LogP contribution in [0.15, 0.2) is 40.9 Å². The van der Waals surface area contributed by atoms with E-state index in [0.717, 1.165) is 5.56 Å². The van der Waals surface area contributed by atoms with Crippen molar-refractivity contribution in [2.75, 3.05) is 5.73 Å². The van der Waals surface area contributed by atoms with E-state index in [-0.39, 0.29) is 18.0 Å². The van der Waals surface area contributed by atoms with Crippen LogP contribution in [0, 0.1) is 12.7 Å². The zero-order valence-electron chi connectivity index (χ0n) is 10.4. The zero-order valence-corrected chi connectivity index (χ0v) is 12.0. The van der Waals surface area contributed by atoms with Crippen molar-refractivity contribution >= 4 is 27.4 Å².